The molecule has 0 N–H and O–H groups in total. The van der Waals surface area contributed by atoms with Crippen molar-refractivity contribution in [3.05, 3.63) is 0 Å². The molecule has 2 amide bonds. The molecule has 0 aromatic carbocycles. The van der Waals surface area contributed by atoms with Crippen LogP contribution in [-0.2, 0) is 19.6 Å². The summed E-state index contributed by atoms with van der Waals surface area (Å²) in [6.45, 7) is 4.64. The van der Waals surface area contributed by atoms with Gasteiger partial charge in [0, 0.05) is 52.4 Å². The van der Waals surface area contributed by atoms with Gasteiger partial charge in [-0.1, -0.05) is 0 Å². The molecular weight excluding hydrogens is 296 g/mol. The number of nitrogens with zero attached hydrogens (tertiary/aromatic N) is 4. The van der Waals surface area contributed by atoms with E-state index in [0.717, 1.165) is 6.41 Å². The average Bonchev–Trinajstić information content (AvgIpc) is 2.47. The summed E-state index contributed by atoms with van der Waals surface area (Å²) in [7, 11) is -3.13. The largest absolute Gasteiger partial charge is 0.342 e. The van der Waals surface area contributed by atoms with E-state index in [2.05, 4.69) is 0 Å². The van der Waals surface area contributed by atoms with Crippen molar-refractivity contribution in [1.29, 1.82) is 0 Å². The first-order chi connectivity index (χ1) is 9.90. The summed E-state index contributed by atoms with van der Waals surface area (Å²) in [6.07, 6.45) is 2.02. The van der Waals surface area contributed by atoms with Crippen LogP contribution < -0.4 is 0 Å². The number of piperazine rings is 2. The normalized spacial score (nSPS) is 22.3. The molecule has 0 radical (unpaired) electrons. The molecule has 0 saturated carbocycles. The van der Waals surface area contributed by atoms with Crippen molar-refractivity contribution in [2.75, 3.05) is 65.2 Å². The Morgan fingerprint density at radius 1 is 1.00 bits per heavy atom. The molecule has 0 atom stereocenters. The van der Waals surface area contributed by atoms with Crippen molar-refractivity contribution in [3.8, 4) is 0 Å². The lowest BCUT2D eigenvalue weighted by Gasteiger charge is -2.36. The Balaban J connectivity index is 1.76. The minimum absolute atomic E-state index is 0.0494. The maximum Gasteiger partial charge on any atom is 0.236 e. The molecule has 120 valence electrons. The molecule has 0 bridgehead atoms. The van der Waals surface area contributed by atoms with E-state index in [9.17, 15) is 18.0 Å². The highest BCUT2D eigenvalue weighted by Gasteiger charge is 2.26. The molecule has 0 spiro atoms. The van der Waals surface area contributed by atoms with Gasteiger partial charge in [0.2, 0.25) is 22.3 Å². The molecule has 0 aliphatic carbocycles. The fourth-order valence-corrected chi connectivity index (χ4v) is 3.41. The first kappa shape index (κ1) is 16.2. The number of carbonyl (C=O) groups excluding carboxylic acids is 2. The van der Waals surface area contributed by atoms with Crippen molar-refractivity contribution in [2.24, 2.45) is 0 Å². The quantitative estimate of drug-likeness (QED) is 0.553. The Kier molecular flexibility index (Phi) is 5.17. The van der Waals surface area contributed by atoms with Gasteiger partial charge in [0.1, 0.15) is 0 Å². The number of rotatable bonds is 4. The number of carbonyl (C=O) groups is 2. The van der Waals surface area contributed by atoms with Crippen molar-refractivity contribution in [3.63, 3.8) is 0 Å². The van der Waals surface area contributed by atoms with E-state index >= 15 is 0 Å². The van der Waals surface area contributed by atoms with Crippen LogP contribution in [-0.4, -0.2) is 105 Å². The van der Waals surface area contributed by atoms with Crippen LogP contribution in [0.25, 0.3) is 0 Å². The molecule has 2 aliphatic heterocycles. The minimum Gasteiger partial charge on any atom is -0.342 e. The summed E-state index contributed by atoms with van der Waals surface area (Å²) < 4.78 is 24.3. The molecule has 8 nitrogen and oxygen atoms in total. The van der Waals surface area contributed by atoms with Gasteiger partial charge in [-0.2, -0.15) is 4.31 Å². The number of sulfonamides is 1. The number of hydrogen-bond donors (Lipinski definition) is 0. The number of amides is 2. The molecular formula is C12H22N4O4S. The highest BCUT2D eigenvalue weighted by Crippen LogP contribution is 2.07. The maximum atomic E-state index is 12.2. The molecule has 2 saturated heterocycles. The third-order valence-electron chi connectivity index (χ3n) is 3.98. The van der Waals surface area contributed by atoms with Crippen molar-refractivity contribution in [2.45, 2.75) is 0 Å². The van der Waals surface area contributed by atoms with E-state index in [0.29, 0.717) is 58.9 Å². The van der Waals surface area contributed by atoms with Gasteiger partial charge in [0.05, 0.1) is 12.8 Å². The second kappa shape index (κ2) is 6.71. The third kappa shape index (κ3) is 4.39. The molecule has 0 unspecified atom stereocenters. The molecule has 0 aromatic heterocycles. The predicted molar refractivity (Wildman–Crippen MR) is 77.1 cm³/mol. The van der Waals surface area contributed by atoms with E-state index in [1.165, 1.54) is 10.6 Å². The second-order valence-electron chi connectivity index (χ2n) is 5.46. The van der Waals surface area contributed by atoms with E-state index in [-0.39, 0.29) is 5.91 Å². The highest BCUT2D eigenvalue weighted by molar-refractivity contribution is 7.88. The summed E-state index contributed by atoms with van der Waals surface area (Å²) in [5.41, 5.74) is 0. The van der Waals surface area contributed by atoms with Gasteiger partial charge in [0.25, 0.3) is 0 Å². The summed E-state index contributed by atoms with van der Waals surface area (Å²) in [4.78, 5) is 28.2. The van der Waals surface area contributed by atoms with Gasteiger partial charge < -0.3 is 9.80 Å². The van der Waals surface area contributed by atoms with Gasteiger partial charge >= 0.3 is 0 Å². The Hall–Kier alpha value is -1.19. The fraction of sp³-hybridized carbons (Fsp3) is 0.833. The molecule has 21 heavy (non-hydrogen) atoms. The van der Waals surface area contributed by atoms with Gasteiger partial charge in [0.15, 0.2) is 0 Å². The van der Waals surface area contributed by atoms with E-state index in [1.807, 2.05) is 4.90 Å². The molecule has 2 aliphatic rings. The van der Waals surface area contributed by atoms with Crippen LogP contribution in [0, 0.1) is 0 Å². The van der Waals surface area contributed by atoms with Gasteiger partial charge in [-0.05, 0) is 0 Å². The first-order valence-corrected chi connectivity index (χ1v) is 8.89. The third-order valence-corrected chi connectivity index (χ3v) is 5.28. The monoisotopic (exact) mass is 318 g/mol. The average molecular weight is 318 g/mol. The van der Waals surface area contributed by atoms with Crippen LogP contribution in [0.4, 0.5) is 0 Å². The van der Waals surface area contributed by atoms with Crippen LogP contribution >= 0.6 is 0 Å². The van der Waals surface area contributed by atoms with Crippen molar-refractivity contribution in [1.82, 2.24) is 19.0 Å². The van der Waals surface area contributed by atoms with Gasteiger partial charge in [-0.3, -0.25) is 14.5 Å². The lowest BCUT2D eigenvalue weighted by atomic mass is 10.3. The smallest absolute Gasteiger partial charge is 0.236 e. The molecule has 2 fully saturated rings. The van der Waals surface area contributed by atoms with E-state index in [4.69, 9.17) is 0 Å². The van der Waals surface area contributed by atoms with Crippen molar-refractivity contribution >= 4 is 22.3 Å². The lowest BCUT2D eigenvalue weighted by Crippen LogP contribution is -2.54. The summed E-state index contributed by atoms with van der Waals surface area (Å²) in [5, 5.41) is 0. The highest BCUT2D eigenvalue weighted by atomic mass is 32.2. The SMILES string of the molecule is CS(=O)(=O)N1CCN(CC(=O)N2CCN(C=O)CC2)CC1. The van der Waals surface area contributed by atoms with Crippen LogP contribution in [0.1, 0.15) is 0 Å². The topological polar surface area (TPSA) is 81.2 Å². The number of hydrogen-bond acceptors (Lipinski definition) is 5. The zero-order valence-electron chi connectivity index (χ0n) is 12.3. The first-order valence-electron chi connectivity index (χ1n) is 7.05. The van der Waals surface area contributed by atoms with E-state index in [1.54, 1.807) is 9.80 Å². The Morgan fingerprint density at radius 3 is 2.05 bits per heavy atom. The minimum atomic E-state index is -3.13. The van der Waals surface area contributed by atoms with Crippen LogP contribution in [0.3, 0.4) is 0 Å². The van der Waals surface area contributed by atoms with Crippen molar-refractivity contribution < 1.29 is 18.0 Å². The zero-order valence-corrected chi connectivity index (χ0v) is 13.1. The van der Waals surface area contributed by atoms with Gasteiger partial charge in [-0.25, -0.2) is 8.42 Å². The van der Waals surface area contributed by atoms with Crippen LogP contribution in [0.2, 0.25) is 0 Å². The van der Waals surface area contributed by atoms with Crippen LogP contribution in [0.15, 0.2) is 0 Å². The zero-order chi connectivity index (χ0) is 15.5. The molecule has 2 rings (SSSR count). The summed E-state index contributed by atoms with van der Waals surface area (Å²) in [5.74, 6) is 0.0494. The Morgan fingerprint density at radius 2 is 1.57 bits per heavy atom. The van der Waals surface area contributed by atoms with Gasteiger partial charge in [-0.15, -0.1) is 0 Å². The fourth-order valence-electron chi connectivity index (χ4n) is 2.59. The summed E-state index contributed by atoms with van der Waals surface area (Å²) in [6, 6.07) is 0. The second-order valence-corrected chi connectivity index (χ2v) is 7.44. The lowest BCUT2D eigenvalue weighted by molar-refractivity contribution is -0.136. The van der Waals surface area contributed by atoms with E-state index < -0.39 is 10.0 Å². The predicted octanol–water partition coefficient (Wildman–Crippen LogP) is -2.14. The standard InChI is InChI=1S/C12H22N4O4S/c1-21(19,20)16-8-4-13(5-9-16)10-12(18)15-6-2-14(11-17)3-7-15/h11H,2-10H2,1H3. The van der Waals surface area contributed by atoms with Crippen LogP contribution in [0.5, 0.6) is 0 Å². The Labute approximate surface area is 125 Å². The molecule has 0 aromatic rings. The maximum absolute atomic E-state index is 12.2. The molecule has 9 heteroatoms. The summed E-state index contributed by atoms with van der Waals surface area (Å²) >= 11 is 0. The Bertz CT molecular complexity index is 479. The molecule has 2 heterocycles.